The maximum absolute atomic E-state index is 12.0. The van der Waals surface area contributed by atoms with Gasteiger partial charge in [-0.2, -0.15) is 0 Å². The molecule has 108 valence electrons. The summed E-state index contributed by atoms with van der Waals surface area (Å²) in [7, 11) is 0. The van der Waals surface area contributed by atoms with Gasteiger partial charge in [0.25, 0.3) is 0 Å². The van der Waals surface area contributed by atoms with Crippen LogP contribution in [0.3, 0.4) is 0 Å². The predicted molar refractivity (Wildman–Crippen MR) is 78.0 cm³/mol. The van der Waals surface area contributed by atoms with Gasteiger partial charge in [0, 0.05) is 25.7 Å². The van der Waals surface area contributed by atoms with Crippen LogP contribution < -0.4 is 11.1 Å². The molecule has 5 nitrogen and oxygen atoms in total. The van der Waals surface area contributed by atoms with Crippen molar-refractivity contribution in [3.05, 3.63) is 0 Å². The molecule has 6 heteroatoms. The molecule has 3 N–H and O–H groups in total. The third kappa shape index (κ3) is 4.40. The monoisotopic (exact) mass is 285 g/mol. The molecule has 2 saturated heterocycles. The molecule has 2 rings (SSSR count). The van der Waals surface area contributed by atoms with Gasteiger partial charge in [0.05, 0.1) is 11.1 Å². The first-order chi connectivity index (χ1) is 9.04. The van der Waals surface area contributed by atoms with Crippen LogP contribution in [0, 0.1) is 0 Å². The van der Waals surface area contributed by atoms with Crippen molar-refractivity contribution < 1.29 is 9.53 Å². The van der Waals surface area contributed by atoms with E-state index in [1.54, 1.807) is 0 Å². The molecule has 2 atom stereocenters. The van der Waals surface area contributed by atoms with Gasteiger partial charge < -0.3 is 15.8 Å². The molecule has 0 aromatic rings. The average molecular weight is 285 g/mol. The molecular weight excluding hydrogens is 262 g/mol. The number of rotatable bonds is 4. The molecule has 1 amide bonds. The fraction of sp³-hybridized carbons (Fsp3) is 0.846. The first-order valence-electron chi connectivity index (χ1n) is 7.01. The van der Waals surface area contributed by atoms with Crippen molar-refractivity contribution >= 4 is 23.1 Å². The number of carbonyl (C=O) groups is 1. The number of hydrogen-bond donors (Lipinski definition) is 2. The van der Waals surface area contributed by atoms with E-state index in [1.165, 1.54) is 0 Å². The number of hydrogen-bond acceptors (Lipinski definition) is 4. The Morgan fingerprint density at radius 2 is 2.05 bits per heavy atom. The van der Waals surface area contributed by atoms with Crippen LogP contribution in [0.5, 0.6) is 0 Å². The zero-order chi connectivity index (χ0) is 13.8. The van der Waals surface area contributed by atoms with Crippen LogP contribution in [0.2, 0.25) is 0 Å². The second kappa shape index (κ2) is 6.63. The Balaban J connectivity index is 1.70. The Bertz CT molecular complexity index is 343. The highest BCUT2D eigenvalue weighted by molar-refractivity contribution is 7.80. The molecular formula is C13H23N3O2S. The number of nitrogens with zero attached hydrogens (tertiary/aromatic N) is 1. The Hall–Kier alpha value is -0.720. The fourth-order valence-electron chi connectivity index (χ4n) is 2.75. The normalized spacial score (nSPS) is 29.3. The molecule has 0 aliphatic carbocycles. The van der Waals surface area contributed by atoms with E-state index in [9.17, 15) is 4.79 Å². The zero-order valence-corrected chi connectivity index (χ0v) is 12.2. The van der Waals surface area contributed by atoms with Crippen molar-refractivity contribution in [1.82, 2.24) is 10.2 Å². The quantitative estimate of drug-likeness (QED) is 0.733. The maximum atomic E-state index is 12.0. The Morgan fingerprint density at radius 3 is 2.58 bits per heavy atom. The minimum atomic E-state index is -0.246. The highest BCUT2D eigenvalue weighted by Gasteiger charge is 2.30. The molecule has 0 aromatic heterocycles. The summed E-state index contributed by atoms with van der Waals surface area (Å²) in [4.78, 5) is 14.8. The lowest BCUT2D eigenvalue weighted by molar-refractivity contribution is -0.132. The highest BCUT2D eigenvalue weighted by atomic mass is 32.1. The molecule has 0 bridgehead atoms. The lowest BCUT2D eigenvalue weighted by atomic mass is 10.0. The van der Waals surface area contributed by atoms with Crippen LogP contribution in [0.25, 0.3) is 0 Å². The van der Waals surface area contributed by atoms with Crippen molar-refractivity contribution in [2.75, 3.05) is 19.6 Å². The lowest BCUT2D eigenvalue weighted by Crippen LogP contribution is -2.48. The molecule has 0 spiro atoms. The van der Waals surface area contributed by atoms with E-state index in [-0.39, 0.29) is 24.2 Å². The summed E-state index contributed by atoms with van der Waals surface area (Å²) < 4.78 is 5.58. The van der Waals surface area contributed by atoms with E-state index in [4.69, 9.17) is 22.7 Å². The Kier molecular flexibility index (Phi) is 5.13. The second-order valence-electron chi connectivity index (χ2n) is 5.54. The number of piperidine rings is 1. The number of nitrogens with two attached hydrogens (primary N) is 1. The molecule has 2 aliphatic heterocycles. The van der Waals surface area contributed by atoms with Gasteiger partial charge in [0.1, 0.15) is 6.10 Å². The lowest BCUT2D eigenvalue weighted by Gasteiger charge is -2.32. The molecule has 2 unspecified atom stereocenters. The third-order valence-electron chi connectivity index (χ3n) is 3.84. The number of ether oxygens (including phenoxy) is 1. The van der Waals surface area contributed by atoms with Crippen molar-refractivity contribution in [3.8, 4) is 0 Å². The van der Waals surface area contributed by atoms with Crippen LogP contribution in [0.15, 0.2) is 0 Å². The molecule has 2 fully saturated rings. The average Bonchev–Trinajstić information content (AvgIpc) is 2.78. The third-order valence-corrected chi connectivity index (χ3v) is 3.97. The van der Waals surface area contributed by atoms with Crippen molar-refractivity contribution in [2.24, 2.45) is 5.73 Å². The minimum absolute atomic E-state index is 0.0529. The number of thiocarbonyl (C=S) groups is 1. The molecule has 19 heavy (non-hydrogen) atoms. The molecule has 2 heterocycles. The maximum Gasteiger partial charge on any atom is 0.249 e. The van der Waals surface area contributed by atoms with Gasteiger partial charge in [-0.15, -0.1) is 0 Å². The number of amides is 1. The van der Waals surface area contributed by atoms with E-state index in [2.05, 4.69) is 10.2 Å². The van der Waals surface area contributed by atoms with Gasteiger partial charge in [0.2, 0.25) is 5.91 Å². The fourth-order valence-corrected chi connectivity index (χ4v) is 2.93. The highest BCUT2D eigenvalue weighted by Crippen LogP contribution is 2.20. The molecule has 0 saturated carbocycles. The van der Waals surface area contributed by atoms with Gasteiger partial charge in [-0.3, -0.25) is 9.69 Å². The van der Waals surface area contributed by atoms with E-state index in [1.807, 2.05) is 6.92 Å². The van der Waals surface area contributed by atoms with Crippen LogP contribution in [-0.2, 0) is 9.53 Å². The predicted octanol–water partition coefficient (Wildman–Crippen LogP) is 0.421. The Morgan fingerprint density at radius 1 is 1.37 bits per heavy atom. The standard InChI is InChI=1S/C13H23N3O2S/c1-9-2-3-11(18-9)13(17)15-10-4-6-16(7-5-10)8-12(14)19/h9-11H,2-8H2,1H3,(H2,14,19)(H,15,17). The van der Waals surface area contributed by atoms with Crippen LogP contribution >= 0.6 is 12.2 Å². The van der Waals surface area contributed by atoms with Gasteiger partial charge in [0.15, 0.2) is 0 Å². The molecule has 0 radical (unpaired) electrons. The van der Waals surface area contributed by atoms with Crippen LogP contribution in [0.1, 0.15) is 32.6 Å². The number of nitrogens with one attached hydrogen (secondary N) is 1. The summed E-state index contributed by atoms with van der Waals surface area (Å²) in [5.41, 5.74) is 5.54. The SMILES string of the molecule is CC1CCC(C(=O)NC2CCN(CC(N)=S)CC2)O1. The number of likely N-dealkylation sites (tertiary alicyclic amines) is 1. The van der Waals surface area contributed by atoms with Crippen molar-refractivity contribution in [1.29, 1.82) is 0 Å². The minimum Gasteiger partial charge on any atom is -0.392 e. The second-order valence-corrected chi connectivity index (χ2v) is 6.06. The summed E-state index contributed by atoms with van der Waals surface area (Å²) in [6.45, 7) is 4.56. The first-order valence-corrected chi connectivity index (χ1v) is 7.42. The van der Waals surface area contributed by atoms with Crippen molar-refractivity contribution in [2.45, 2.75) is 50.9 Å². The van der Waals surface area contributed by atoms with Crippen LogP contribution in [-0.4, -0.2) is 53.7 Å². The van der Waals surface area contributed by atoms with Crippen molar-refractivity contribution in [3.63, 3.8) is 0 Å². The largest absolute Gasteiger partial charge is 0.392 e. The van der Waals surface area contributed by atoms with Gasteiger partial charge in [-0.05, 0) is 32.6 Å². The van der Waals surface area contributed by atoms with E-state index < -0.39 is 0 Å². The zero-order valence-electron chi connectivity index (χ0n) is 11.4. The Labute approximate surface area is 119 Å². The van der Waals surface area contributed by atoms with E-state index in [0.29, 0.717) is 11.5 Å². The number of carbonyl (C=O) groups excluding carboxylic acids is 1. The first kappa shape index (κ1) is 14.7. The van der Waals surface area contributed by atoms with Gasteiger partial charge >= 0.3 is 0 Å². The summed E-state index contributed by atoms with van der Waals surface area (Å²) in [6.07, 6.45) is 3.69. The summed E-state index contributed by atoms with van der Waals surface area (Å²) in [5, 5.41) is 3.10. The topological polar surface area (TPSA) is 67.6 Å². The van der Waals surface area contributed by atoms with E-state index >= 15 is 0 Å². The van der Waals surface area contributed by atoms with Gasteiger partial charge in [-0.25, -0.2) is 0 Å². The summed E-state index contributed by atoms with van der Waals surface area (Å²) in [5.74, 6) is 0.0529. The molecule has 0 aromatic carbocycles. The summed E-state index contributed by atoms with van der Waals surface area (Å²) >= 11 is 4.91. The van der Waals surface area contributed by atoms with E-state index in [0.717, 1.165) is 38.8 Å². The smallest absolute Gasteiger partial charge is 0.249 e. The molecule has 2 aliphatic rings. The van der Waals surface area contributed by atoms with Crippen LogP contribution in [0.4, 0.5) is 0 Å². The van der Waals surface area contributed by atoms with Gasteiger partial charge in [-0.1, -0.05) is 12.2 Å². The summed E-state index contributed by atoms with van der Waals surface area (Å²) in [6, 6.07) is 0.259.